The maximum Gasteiger partial charge on any atom is 0.265 e. The van der Waals surface area contributed by atoms with Gasteiger partial charge in [0.05, 0.1) is 12.8 Å². The Bertz CT molecular complexity index is 686. The number of benzene rings is 2. The Morgan fingerprint density at radius 2 is 1.96 bits per heavy atom. The van der Waals surface area contributed by atoms with Crippen LogP contribution in [0.1, 0.15) is 18.9 Å². The number of nitrogens with two attached hydrogens (primary N) is 1. The highest BCUT2D eigenvalue weighted by Gasteiger charge is 2.20. The summed E-state index contributed by atoms with van der Waals surface area (Å²) in [5.41, 5.74) is 7.84. The van der Waals surface area contributed by atoms with Gasteiger partial charge in [0, 0.05) is 5.69 Å². The van der Waals surface area contributed by atoms with Gasteiger partial charge in [-0.15, -0.1) is 0 Å². The van der Waals surface area contributed by atoms with E-state index in [1.165, 1.54) is 0 Å². The van der Waals surface area contributed by atoms with Crippen LogP contribution < -0.4 is 20.5 Å². The van der Waals surface area contributed by atoms with E-state index in [0.29, 0.717) is 29.3 Å². The number of methoxy groups -OCH3 is 1. The highest BCUT2D eigenvalue weighted by Crippen LogP contribution is 2.27. The van der Waals surface area contributed by atoms with E-state index in [-0.39, 0.29) is 5.91 Å². The summed E-state index contributed by atoms with van der Waals surface area (Å²) in [7, 11) is 1.54. The number of nitrogens with one attached hydrogen (secondary N) is 1. The number of hydrogen-bond acceptors (Lipinski definition) is 4. The van der Waals surface area contributed by atoms with Crippen LogP contribution in [-0.2, 0) is 4.79 Å². The summed E-state index contributed by atoms with van der Waals surface area (Å²) in [6.07, 6.45) is -0.0487. The minimum atomic E-state index is -0.595. The Morgan fingerprint density at radius 3 is 2.61 bits per heavy atom. The Labute approximate surface area is 136 Å². The third-order valence-corrected chi connectivity index (χ3v) is 3.51. The summed E-state index contributed by atoms with van der Waals surface area (Å²) in [5.74, 6) is 1.02. The molecule has 0 bridgehead atoms. The molecule has 3 N–H and O–H groups in total. The van der Waals surface area contributed by atoms with E-state index in [9.17, 15) is 4.79 Å². The van der Waals surface area contributed by atoms with Gasteiger partial charge in [-0.25, -0.2) is 0 Å². The number of ether oxygens (including phenoxy) is 2. The van der Waals surface area contributed by atoms with Gasteiger partial charge in [0.25, 0.3) is 5.91 Å². The van der Waals surface area contributed by atoms with Crippen LogP contribution >= 0.6 is 0 Å². The molecule has 0 aliphatic heterocycles. The predicted octanol–water partition coefficient (Wildman–Crippen LogP) is 3.38. The Kier molecular flexibility index (Phi) is 5.46. The van der Waals surface area contributed by atoms with Crippen LogP contribution in [-0.4, -0.2) is 19.1 Å². The van der Waals surface area contributed by atoms with Gasteiger partial charge in [-0.05, 0) is 43.2 Å². The second kappa shape index (κ2) is 7.54. The zero-order valence-corrected chi connectivity index (χ0v) is 13.6. The van der Waals surface area contributed by atoms with E-state index in [1.807, 2.05) is 38.1 Å². The van der Waals surface area contributed by atoms with Crippen molar-refractivity contribution in [2.45, 2.75) is 26.4 Å². The summed E-state index contributed by atoms with van der Waals surface area (Å²) in [6, 6.07) is 12.7. The van der Waals surface area contributed by atoms with Crippen LogP contribution in [0.5, 0.6) is 11.5 Å². The van der Waals surface area contributed by atoms with Crippen molar-refractivity contribution in [2.75, 3.05) is 18.2 Å². The van der Waals surface area contributed by atoms with Crippen LogP contribution in [0.4, 0.5) is 11.4 Å². The molecule has 5 nitrogen and oxygen atoms in total. The molecule has 2 aromatic carbocycles. The standard InChI is InChI=1S/C18H22N2O3/c1-4-15(23-16-8-6-5-7-12(16)2)18(21)20-14-11-13(19)9-10-17(14)22-3/h5-11,15H,4,19H2,1-3H3,(H,20,21)/t15-/m0/s1. The number of para-hydroxylation sites is 1. The number of carbonyl (C=O) groups is 1. The summed E-state index contributed by atoms with van der Waals surface area (Å²) < 4.78 is 11.1. The molecule has 2 rings (SSSR count). The average Bonchev–Trinajstić information content (AvgIpc) is 2.54. The molecule has 1 atom stereocenters. The van der Waals surface area contributed by atoms with Crippen LogP contribution in [0.15, 0.2) is 42.5 Å². The molecular formula is C18H22N2O3. The highest BCUT2D eigenvalue weighted by molar-refractivity contribution is 5.96. The largest absolute Gasteiger partial charge is 0.495 e. The molecular weight excluding hydrogens is 292 g/mol. The van der Waals surface area contributed by atoms with Crippen molar-refractivity contribution in [1.82, 2.24) is 0 Å². The normalized spacial score (nSPS) is 11.6. The molecule has 0 unspecified atom stereocenters. The number of aryl methyl sites for hydroxylation is 1. The number of rotatable bonds is 6. The number of amides is 1. The molecule has 1 amide bonds. The third-order valence-electron chi connectivity index (χ3n) is 3.51. The van der Waals surface area contributed by atoms with Gasteiger partial charge >= 0.3 is 0 Å². The lowest BCUT2D eigenvalue weighted by Crippen LogP contribution is -2.32. The fourth-order valence-electron chi connectivity index (χ4n) is 2.20. The van der Waals surface area contributed by atoms with Crippen LogP contribution in [0.25, 0.3) is 0 Å². The van der Waals surface area contributed by atoms with E-state index < -0.39 is 6.10 Å². The molecule has 0 fully saturated rings. The van der Waals surface area contributed by atoms with Crippen molar-refractivity contribution in [1.29, 1.82) is 0 Å². The van der Waals surface area contributed by atoms with Gasteiger partial charge in [0.2, 0.25) is 0 Å². The highest BCUT2D eigenvalue weighted by atomic mass is 16.5. The maximum absolute atomic E-state index is 12.5. The van der Waals surface area contributed by atoms with Crippen molar-refractivity contribution in [3.63, 3.8) is 0 Å². The topological polar surface area (TPSA) is 73.6 Å². The van der Waals surface area contributed by atoms with Crippen LogP contribution in [0, 0.1) is 6.92 Å². The molecule has 122 valence electrons. The van der Waals surface area contributed by atoms with Gasteiger partial charge < -0.3 is 20.5 Å². The SMILES string of the molecule is CC[C@H](Oc1ccccc1C)C(=O)Nc1cc(N)ccc1OC. The summed E-state index contributed by atoms with van der Waals surface area (Å²) in [5, 5.41) is 2.82. The molecule has 0 heterocycles. The first-order valence-electron chi connectivity index (χ1n) is 7.51. The quantitative estimate of drug-likeness (QED) is 0.802. The Balaban J connectivity index is 2.15. The van der Waals surface area contributed by atoms with E-state index >= 15 is 0 Å². The maximum atomic E-state index is 12.5. The number of hydrogen-bond donors (Lipinski definition) is 2. The van der Waals surface area contributed by atoms with Crippen LogP contribution in [0.2, 0.25) is 0 Å². The van der Waals surface area contributed by atoms with Gasteiger partial charge in [-0.3, -0.25) is 4.79 Å². The number of nitrogen functional groups attached to an aromatic ring is 1. The lowest BCUT2D eigenvalue weighted by atomic mass is 10.2. The average molecular weight is 314 g/mol. The molecule has 2 aromatic rings. The Morgan fingerprint density at radius 1 is 1.22 bits per heavy atom. The molecule has 0 aliphatic rings. The molecule has 5 heteroatoms. The fourth-order valence-corrected chi connectivity index (χ4v) is 2.20. The van der Waals surface area contributed by atoms with E-state index in [0.717, 1.165) is 5.56 Å². The summed E-state index contributed by atoms with van der Waals surface area (Å²) in [4.78, 5) is 12.5. The first-order valence-corrected chi connectivity index (χ1v) is 7.51. The molecule has 0 spiro atoms. The monoisotopic (exact) mass is 314 g/mol. The second-order valence-corrected chi connectivity index (χ2v) is 5.23. The molecule has 0 aromatic heterocycles. The zero-order chi connectivity index (χ0) is 16.8. The lowest BCUT2D eigenvalue weighted by Gasteiger charge is -2.19. The van der Waals surface area contributed by atoms with Crippen molar-refractivity contribution >= 4 is 17.3 Å². The van der Waals surface area contributed by atoms with Crippen molar-refractivity contribution in [3.8, 4) is 11.5 Å². The van der Waals surface area contributed by atoms with Crippen molar-refractivity contribution < 1.29 is 14.3 Å². The summed E-state index contributed by atoms with van der Waals surface area (Å²) in [6.45, 7) is 3.85. The summed E-state index contributed by atoms with van der Waals surface area (Å²) >= 11 is 0. The van der Waals surface area contributed by atoms with Gasteiger partial charge in [0.15, 0.2) is 6.10 Å². The molecule has 23 heavy (non-hydrogen) atoms. The minimum absolute atomic E-state index is 0.236. The molecule has 0 saturated heterocycles. The van der Waals surface area contributed by atoms with Crippen molar-refractivity contribution in [2.24, 2.45) is 0 Å². The van der Waals surface area contributed by atoms with E-state index in [2.05, 4.69) is 5.32 Å². The first kappa shape index (κ1) is 16.7. The van der Waals surface area contributed by atoms with Crippen molar-refractivity contribution in [3.05, 3.63) is 48.0 Å². The minimum Gasteiger partial charge on any atom is -0.495 e. The van der Waals surface area contributed by atoms with E-state index in [4.69, 9.17) is 15.2 Å². The molecule has 0 saturated carbocycles. The Hall–Kier alpha value is -2.69. The first-order chi connectivity index (χ1) is 11.0. The molecule has 0 radical (unpaired) electrons. The fraction of sp³-hybridized carbons (Fsp3) is 0.278. The zero-order valence-electron chi connectivity index (χ0n) is 13.6. The predicted molar refractivity (Wildman–Crippen MR) is 91.9 cm³/mol. The van der Waals surface area contributed by atoms with Gasteiger partial charge in [-0.2, -0.15) is 0 Å². The smallest absolute Gasteiger partial charge is 0.265 e. The second-order valence-electron chi connectivity index (χ2n) is 5.23. The van der Waals surface area contributed by atoms with Crippen LogP contribution in [0.3, 0.4) is 0 Å². The lowest BCUT2D eigenvalue weighted by molar-refractivity contribution is -0.122. The number of anilines is 2. The van der Waals surface area contributed by atoms with Gasteiger partial charge in [-0.1, -0.05) is 25.1 Å². The van der Waals surface area contributed by atoms with Gasteiger partial charge in [0.1, 0.15) is 11.5 Å². The third kappa shape index (κ3) is 4.16. The van der Waals surface area contributed by atoms with E-state index in [1.54, 1.807) is 25.3 Å². The molecule has 0 aliphatic carbocycles. The number of carbonyl (C=O) groups excluding carboxylic acids is 1.